The average Bonchev–Trinajstić information content (AvgIpc) is 2.62. The van der Waals surface area contributed by atoms with E-state index in [9.17, 15) is 10.1 Å². The second kappa shape index (κ2) is 7.37. The summed E-state index contributed by atoms with van der Waals surface area (Å²) in [5, 5.41) is 9.84. The third-order valence-electron chi connectivity index (χ3n) is 4.25. The van der Waals surface area contributed by atoms with Crippen LogP contribution in [-0.2, 0) is 11.2 Å². The first-order chi connectivity index (χ1) is 11.7. The van der Waals surface area contributed by atoms with Gasteiger partial charge in [0, 0.05) is 31.2 Å². The monoisotopic (exact) mass is 339 g/mol. The summed E-state index contributed by atoms with van der Waals surface area (Å²) in [6, 6.07) is 17.3. The Balaban J connectivity index is 1.62. The van der Waals surface area contributed by atoms with Crippen molar-refractivity contribution in [1.82, 2.24) is 4.90 Å². The zero-order valence-electron chi connectivity index (χ0n) is 13.3. The molecule has 1 amide bonds. The topological polar surface area (TPSA) is 47.3 Å². The lowest BCUT2D eigenvalue weighted by Crippen LogP contribution is -2.49. The fourth-order valence-electron chi connectivity index (χ4n) is 2.95. The second-order valence-electron chi connectivity index (χ2n) is 5.80. The van der Waals surface area contributed by atoms with Gasteiger partial charge in [0.15, 0.2) is 0 Å². The average molecular weight is 340 g/mol. The number of benzene rings is 2. The third-order valence-corrected chi connectivity index (χ3v) is 4.49. The van der Waals surface area contributed by atoms with E-state index in [0.717, 1.165) is 24.3 Å². The molecule has 1 saturated heterocycles. The molecule has 0 atom stereocenters. The number of carbonyl (C=O) groups excluding carboxylic acids is 1. The molecule has 0 aliphatic carbocycles. The lowest BCUT2D eigenvalue weighted by molar-refractivity contribution is -0.130. The number of halogens is 1. The van der Waals surface area contributed by atoms with Crippen LogP contribution in [0.5, 0.6) is 0 Å². The number of anilines is 1. The molecule has 3 rings (SSSR count). The van der Waals surface area contributed by atoms with Gasteiger partial charge in [0.05, 0.1) is 17.7 Å². The lowest BCUT2D eigenvalue weighted by atomic mass is 10.1. The van der Waals surface area contributed by atoms with Crippen LogP contribution in [0.25, 0.3) is 0 Å². The van der Waals surface area contributed by atoms with Gasteiger partial charge in [0.2, 0.25) is 5.91 Å². The van der Waals surface area contributed by atoms with Crippen LogP contribution in [-0.4, -0.2) is 37.0 Å². The molecule has 1 fully saturated rings. The molecule has 1 aliphatic heterocycles. The molecule has 122 valence electrons. The number of nitriles is 1. The van der Waals surface area contributed by atoms with E-state index in [0.29, 0.717) is 30.1 Å². The Labute approximate surface area is 146 Å². The van der Waals surface area contributed by atoms with Gasteiger partial charge in [-0.05, 0) is 23.8 Å². The molecule has 0 radical (unpaired) electrons. The SMILES string of the molecule is N#Cc1cc(Cl)ccc1N1CCN(C(=O)Cc2ccccc2)CC1. The number of hydrogen-bond donors (Lipinski definition) is 0. The smallest absolute Gasteiger partial charge is 0.227 e. The molecule has 0 spiro atoms. The summed E-state index contributed by atoms with van der Waals surface area (Å²) in [6.45, 7) is 2.77. The second-order valence-corrected chi connectivity index (χ2v) is 6.24. The van der Waals surface area contributed by atoms with E-state index in [1.54, 1.807) is 12.1 Å². The van der Waals surface area contributed by atoms with Crippen LogP contribution in [0.1, 0.15) is 11.1 Å². The molecule has 0 aromatic heterocycles. The maximum Gasteiger partial charge on any atom is 0.227 e. The van der Waals surface area contributed by atoms with Crippen LogP contribution >= 0.6 is 11.6 Å². The summed E-state index contributed by atoms with van der Waals surface area (Å²) >= 11 is 5.95. The van der Waals surface area contributed by atoms with Crippen LogP contribution in [0.2, 0.25) is 5.02 Å². The molecule has 5 heteroatoms. The number of amides is 1. The summed E-state index contributed by atoms with van der Waals surface area (Å²) in [7, 11) is 0. The van der Waals surface area contributed by atoms with Crippen LogP contribution in [0, 0.1) is 11.3 Å². The van der Waals surface area contributed by atoms with Gasteiger partial charge in [-0.2, -0.15) is 5.26 Å². The molecule has 0 N–H and O–H groups in total. The number of hydrogen-bond acceptors (Lipinski definition) is 3. The molecule has 0 bridgehead atoms. The van der Waals surface area contributed by atoms with Gasteiger partial charge in [-0.15, -0.1) is 0 Å². The van der Waals surface area contributed by atoms with Gasteiger partial charge in [-0.1, -0.05) is 41.9 Å². The molecule has 2 aromatic carbocycles. The molecular formula is C19H18ClN3O. The zero-order valence-corrected chi connectivity index (χ0v) is 14.0. The van der Waals surface area contributed by atoms with Gasteiger partial charge in [-0.25, -0.2) is 0 Å². The summed E-state index contributed by atoms with van der Waals surface area (Å²) in [5.41, 5.74) is 2.50. The number of nitrogens with zero attached hydrogens (tertiary/aromatic N) is 3. The van der Waals surface area contributed by atoms with Crippen molar-refractivity contribution in [2.45, 2.75) is 6.42 Å². The fourth-order valence-corrected chi connectivity index (χ4v) is 3.12. The first-order valence-corrected chi connectivity index (χ1v) is 8.31. The number of carbonyl (C=O) groups is 1. The largest absolute Gasteiger partial charge is 0.367 e. The van der Waals surface area contributed by atoms with Crippen molar-refractivity contribution in [2.24, 2.45) is 0 Å². The van der Waals surface area contributed by atoms with Crippen LogP contribution in [0.15, 0.2) is 48.5 Å². The summed E-state index contributed by atoms with van der Waals surface area (Å²) in [5.74, 6) is 0.150. The Morgan fingerprint density at radius 2 is 1.79 bits per heavy atom. The maximum atomic E-state index is 12.4. The predicted molar refractivity (Wildman–Crippen MR) is 95.1 cm³/mol. The van der Waals surface area contributed by atoms with Crippen molar-refractivity contribution in [3.63, 3.8) is 0 Å². The standard InChI is InChI=1S/C19H18ClN3O/c20-17-6-7-18(16(13-17)14-21)22-8-10-23(11-9-22)19(24)12-15-4-2-1-3-5-15/h1-7,13H,8-12H2. The van der Waals surface area contributed by atoms with Crippen LogP contribution < -0.4 is 4.90 Å². The van der Waals surface area contributed by atoms with Crippen molar-refractivity contribution in [1.29, 1.82) is 5.26 Å². The molecular weight excluding hydrogens is 322 g/mol. The fraction of sp³-hybridized carbons (Fsp3) is 0.263. The number of piperazine rings is 1. The minimum Gasteiger partial charge on any atom is -0.367 e. The van der Waals surface area contributed by atoms with E-state index < -0.39 is 0 Å². The van der Waals surface area contributed by atoms with Crippen LogP contribution in [0.3, 0.4) is 0 Å². The normalized spacial score (nSPS) is 14.3. The Hall–Kier alpha value is -2.51. The molecule has 0 unspecified atom stereocenters. The van der Waals surface area contributed by atoms with Crippen molar-refractivity contribution in [3.05, 3.63) is 64.7 Å². The highest BCUT2D eigenvalue weighted by atomic mass is 35.5. The Morgan fingerprint density at radius 1 is 1.08 bits per heavy atom. The first-order valence-electron chi connectivity index (χ1n) is 7.93. The molecule has 1 heterocycles. The summed E-state index contributed by atoms with van der Waals surface area (Å²) in [4.78, 5) is 16.5. The number of rotatable bonds is 3. The van der Waals surface area contributed by atoms with E-state index in [1.807, 2.05) is 41.3 Å². The highest BCUT2D eigenvalue weighted by molar-refractivity contribution is 6.30. The Bertz CT molecular complexity index is 762. The highest BCUT2D eigenvalue weighted by Gasteiger charge is 2.22. The minimum atomic E-state index is 0.150. The van der Waals surface area contributed by atoms with Crippen molar-refractivity contribution < 1.29 is 4.79 Å². The third kappa shape index (κ3) is 3.69. The van der Waals surface area contributed by atoms with Crippen molar-refractivity contribution in [3.8, 4) is 6.07 Å². The lowest BCUT2D eigenvalue weighted by Gasteiger charge is -2.36. The van der Waals surface area contributed by atoms with E-state index in [-0.39, 0.29) is 5.91 Å². The van der Waals surface area contributed by atoms with E-state index >= 15 is 0 Å². The minimum absolute atomic E-state index is 0.150. The van der Waals surface area contributed by atoms with Gasteiger partial charge < -0.3 is 9.80 Å². The van der Waals surface area contributed by atoms with Gasteiger partial charge in [0.1, 0.15) is 6.07 Å². The molecule has 1 aliphatic rings. The first kappa shape index (κ1) is 16.4. The Morgan fingerprint density at radius 3 is 2.46 bits per heavy atom. The van der Waals surface area contributed by atoms with Gasteiger partial charge in [0.25, 0.3) is 0 Å². The van der Waals surface area contributed by atoms with E-state index in [2.05, 4.69) is 11.0 Å². The molecule has 2 aromatic rings. The zero-order chi connectivity index (χ0) is 16.9. The van der Waals surface area contributed by atoms with E-state index in [1.165, 1.54) is 0 Å². The Kier molecular flexibility index (Phi) is 5.02. The highest BCUT2D eigenvalue weighted by Crippen LogP contribution is 2.25. The maximum absolute atomic E-state index is 12.4. The molecule has 24 heavy (non-hydrogen) atoms. The summed E-state index contributed by atoms with van der Waals surface area (Å²) in [6.07, 6.45) is 0.436. The molecule has 4 nitrogen and oxygen atoms in total. The van der Waals surface area contributed by atoms with E-state index in [4.69, 9.17) is 11.6 Å². The van der Waals surface area contributed by atoms with Crippen molar-refractivity contribution >= 4 is 23.2 Å². The van der Waals surface area contributed by atoms with Crippen LogP contribution in [0.4, 0.5) is 5.69 Å². The van der Waals surface area contributed by atoms with Gasteiger partial charge >= 0.3 is 0 Å². The van der Waals surface area contributed by atoms with Gasteiger partial charge in [-0.3, -0.25) is 4.79 Å². The predicted octanol–water partition coefficient (Wildman–Crippen LogP) is 3.10. The quantitative estimate of drug-likeness (QED) is 0.863. The molecule has 0 saturated carbocycles. The van der Waals surface area contributed by atoms with Crippen molar-refractivity contribution in [2.75, 3.05) is 31.1 Å². The summed E-state index contributed by atoms with van der Waals surface area (Å²) < 4.78 is 0.